The molecular formula is C24H21ClN4S. The van der Waals surface area contributed by atoms with Crippen LogP contribution in [-0.2, 0) is 0 Å². The van der Waals surface area contributed by atoms with Crippen LogP contribution in [0.4, 0.5) is 5.00 Å². The van der Waals surface area contributed by atoms with E-state index in [1.165, 1.54) is 11.3 Å². The summed E-state index contributed by atoms with van der Waals surface area (Å²) in [4.78, 5) is 6.58. The van der Waals surface area contributed by atoms with E-state index in [0.29, 0.717) is 5.02 Å². The van der Waals surface area contributed by atoms with Crippen molar-refractivity contribution in [2.24, 2.45) is 0 Å². The maximum Gasteiger partial charge on any atom is 0.111 e. The summed E-state index contributed by atoms with van der Waals surface area (Å²) in [6, 6.07) is 11.3. The first-order valence-corrected chi connectivity index (χ1v) is 10.4. The van der Waals surface area contributed by atoms with Crippen molar-refractivity contribution in [1.29, 1.82) is 10.8 Å². The van der Waals surface area contributed by atoms with Crippen molar-refractivity contribution in [3.8, 4) is 11.8 Å². The van der Waals surface area contributed by atoms with E-state index in [1.807, 2.05) is 43.3 Å². The first-order chi connectivity index (χ1) is 14.3. The Balaban J connectivity index is 2.18. The van der Waals surface area contributed by atoms with Gasteiger partial charge < -0.3 is 0 Å². The fourth-order valence-corrected chi connectivity index (χ4v) is 4.47. The van der Waals surface area contributed by atoms with Crippen LogP contribution in [0.1, 0.15) is 41.0 Å². The topological polar surface area (TPSA) is 63.8 Å². The van der Waals surface area contributed by atoms with E-state index < -0.39 is 0 Å². The van der Waals surface area contributed by atoms with Crippen molar-refractivity contribution in [3.05, 3.63) is 87.5 Å². The van der Waals surface area contributed by atoms with E-state index >= 15 is 0 Å². The average Bonchev–Trinajstić information content (AvgIpc) is 3.02. The monoisotopic (exact) mass is 432 g/mol. The SMILES string of the molecule is C=C(c1ccc(Cl)cc1)c1c(N(C(C)=N)C(C)=N)sc(C#Cc2cccnc2)c1C. The van der Waals surface area contributed by atoms with E-state index in [0.717, 1.165) is 37.7 Å². The molecular weight excluding hydrogens is 412 g/mol. The maximum absolute atomic E-state index is 8.21. The van der Waals surface area contributed by atoms with Gasteiger partial charge in [0.05, 0.1) is 4.88 Å². The van der Waals surface area contributed by atoms with E-state index in [9.17, 15) is 0 Å². The van der Waals surface area contributed by atoms with Gasteiger partial charge in [0.25, 0.3) is 0 Å². The van der Waals surface area contributed by atoms with Crippen LogP contribution in [0.5, 0.6) is 0 Å². The molecule has 2 N–H and O–H groups in total. The van der Waals surface area contributed by atoms with Gasteiger partial charge in [0, 0.05) is 28.5 Å². The highest BCUT2D eigenvalue weighted by Crippen LogP contribution is 2.42. The molecule has 2 heterocycles. The van der Waals surface area contributed by atoms with Gasteiger partial charge in [-0.15, -0.1) is 11.3 Å². The Labute approximate surface area is 185 Å². The quantitative estimate of drug-likeness (QED) is 0.287. The number of hydrogen-bond donors (Lipinski definition) is 2. The maximum atomic E-state index is 8.21. The number of nitrogens with one attached hydrogen (secondary N) is 2. The normalized spacial score (nSPS) is 10.1. The van der Waals surface area contributed by atoms with Crippen molar-refractivity contribution in [2.45, 2.75) is 20.8 Å². The molecule has 0 radical (unpaired) electrons. The molecule has 0 aliphatic heterocycles. The van der Waals surface area contributed by atoms with E-state index in [1.54, 1.807) is 31.1 Å². The molecule has 0 amide bonds. The van der Waals surface area contributed by atoms with Gasteiger partial charge in [-0.1, -0.05) is 42.2 Å². The van der Waals surface area contributed by atoms with Crippen LogP contribution in [0.2, 0.25) is 5.02 Å². The zero-order chi connectivity index (χ0) is 21.8. The van der Waals surface area contributed by atoms with Crippen LogP contribution < -0.4 is 4.90 Å². The zero-order valence-electron chi connectivity index (χ0n) is 17.0. The third kappa shape index (κ3) is 4.51. The molecule has 0 atom stereocenters. The minimum Gasteiger partial charge on any atom is -0.288 e. The third-order valence-electron chi connectivity index (χ3n) is 4.48. The molecule has 0 saturated carbocycles. The molecule has 2 aromatic heterocycles. The van der Waals surface area contributed by atoms with Gasteiger partial charge in [-0.25, -0.2) is 0 Å². The first kappa shape index (κ1) is 21.5. The lowest BCUT2D eigenvalue weighted by Gasteiger charge is -2.22. The van der Waals surface area contributed by atoms with Gasteiger partial charge in [0.15, 0.2) is 0 Å². The molecule has 0 fully saturated rings. The summed E-state index contributed by atoms with van der Waals surface area (Å²) < 4.78 is 0. The fraction of sp³-hybridized carbons (Fsp3) is 0.125. The number of anilines is 1. The second-order valence-electron chi connectivity index (χ2n) is 6.72. The van der Waals surface area contributed by atoms with Crippen LogP contribution in [0, 0.1) is 29.6 Å². The highest BCUT2D eigenvalue weighted by Gasteiger charge is 2.24. The summed E-state index contributed by atoms with van der Waals surface area (Å²) in [5.41, 5.74) is 4.42. The fourth-order valence-electron chi connectivity index (χ4n) is 3.05. The molecule has 0 unspecified atom stereocenters. The highest BCUT2D eigenvalue weighted by atomic mass is 35.5. The summed E-state index contributed by atoms with van der Waals surface area (Å²) in [7, 11) is 0. The predicted octanol–water partition coefficient (Wildman–Crippen LogP) is 6.37. The lowest BCUT2D eigenvalue weighted by atomic mass is 9.97. The smallest absolute Gasteiger partial charge is 0.111 e. The second-order valence-corrected chi connectivity index (χ2v) is 8.16. The van der Waals surface area contributed by atoms with Crippen molar-refractivity contribution in [3.63, 3.8) is 0 Å². The molecule has 4 nitrogen and oxygen atoms in total. The number of rotatable bonds is 3. The Hall–Kier alpha value is -3.20. The minimum absolute atomic E-state index is 0.265. The van der Waals surface area contributed by atoms with E-state index in [4.69, 9.17) is 22.4 Å². The molecule has 3 rings (SSSR count). The van der Waals surface area contributed by atoms with Gasteiger partial charge in [0.2, 0.25) is 0 Å². The molecule has 30 heavy (non-hydrogen) atoms. The standard InChI is InChI=1S/C24H21ClN4S/c1-15(20-8-10-21(25)11-9-20)23-16(2)22(12-7-19-6-5-13-28-14-19)30-24(23)29(17(3)26)18(4)27/h5-6,8-11,13-14,26-27H,1H2,2-4H3. The number of benzene rings is 1. The second kappa shape index (κ2) is 9.08. The van der Waals surface area contributed by atoms with Crippen molar-refractivity contribution < 1.29 is 0 Å². The molecule has 0 aliphatic rings. The Morgan fingerprint density at radius 2 is 1.77 bits per heavy atom. The van der Waals surface area contributed by atoms with Crippen molar-refractivity contribution >= 4 is 45.2 Å². The third-order valence-corrected chi connectivity index (χ3v) is 5.92. The number of hydrogen-bond acceptors (Lipinski definition) is 4. The number of aromatic nitrogens is 1. The molecule has 0 aliphatic carbocycles. The molecule has 0 spiro atoms. The minimum atomic E-state index is 0.265. The van der Waals surface area contributed by atoms with Gasteiger partial charge in [-0.3, -0.25) is 20.7 Å². The summed E-state index contributed by atoms with van der Waals surface area (Å²) in [6.07, 6.45) is 3.44. The van der Waals surface area contributed by atoms with Crippen LogP contribution in [0.15, 0.2) is 55.4 Å². The Morgan fingerprint density at radius 3 is 2.33 bits per heavy atom. The van der Waals surface area contributed by atoms with Crippen LogP contribution >= 0.6 is 22.9 Å². The first-order valence-electron chi connectivity index (χ1n) is 9.20. The molecule has 0 bridgehead atoms. The largest absolute Gasteiger partial charge is 0.288 e. The van der Waals surface area contributed by atoms with Gasteiger partial charge in [-0.2, -0.15) is 0 Å². The molecule has 6 heteroatoms. The number of halogens is 1. The zero-order valence-corrected chi connectivity index (χ0v) is 18.6. The number of nitrogens with zero attached hydrogens (tertiary/aromatic N) is 2. The Bertz CT molecular complexity index is 1170. The van der Waals surface area contributed by atoms with Crippen molar-refractivity contribution in [1.82, 2.24) is 4.98 Å². The Morgan fingerprint density at radius 1 is 1.10 bits per heavy atom. The lowest BCUT2D eigenvalue weighted by Crippen LogP contribution is -2.32. The highest BCUT2D eigenvalue weighted by molar-refractivity contribution is 7.17. The molecule has 0 saturated heterocycles. The lowest BCUT2D eigenvalue weighted by molar-refractivity contribution is 1.28. The van der Waals surface area contributed by atoms with Crippen LogP contribution in [0.3, 0.4) is 0 Å². The summed E-state index contributed by atoms with van der Waals surface area (Å²) in [5.74, 6) is 6.92. The number of pyridine rings is 1. The van der Waals surface area contributed by atoms with Crippen molar-refractivity contribution in [2.75, 3.05) is 4.90 Å². The average molecular weight is 433 g/mol. The van der Waals surface area contributed by atoms with E-state index in [2.05, 4.69) is 23.4 Å². The van der Waals surface area contributed by atoms with E-state index in [-0.39, 0.29) is 11.7 Å². The van der Waals surface area contributed by atoms with Gasteiger partial charge in [-0.05, 0) is 61.7 Å². The molecule has 150 valence electrons. The molecule has 1 aromatic carbocycles. The van der Waals surface area contributed by atoms with Gasteiger partial charge in [0.1, 0.15) is 16.7 Å². The predicted molar refractivity (Wildman–Crippen MR) is 128 cm³/mol. The summed E-state index contributed by atoms with van der Waals surface area (Å²) in [6.45, 7) is 9.66. The van der Waals surface area contributed by atoms with Gasteiger partial charge >= 0.3 is 0 Å². The number of amidine groups is 2. The summed E-state index contributed by atoms with van der Waals surface area (Å²) in [5, 5.41) is 17.8. The Kier molecular flexibility index (Phi) is 6.51. The number of thiophene rings is 1. The molecule has 3 aromatic rings. The van der Waals surface area contributed by atoms with Crippen LogP contribution in [0.25, 0.3) is 5.57 Å². The van der Waals surface area contributed by atoms with Crippen LogP contribution in [-0.4, -0.2) is 16.7 Å². The summed E-state index contributed by atoms with van der Waals surface area (Å²) >= 11 is 7.51.